The Kier molecular flexibility index (Phi) is 4.80. The van der Waals surface area contributed by atoms with Crippen molar-refractivity contribution >= 4 is 18.3 Å². The van der Waals surface area contributed by atoms with Gasteiger partial charge in [-0.05, 0) is 62.8 Å². The summed E-state index contributed by atoms with van der Waals surface area (Å²) < 4.78 is 0. The van der Waals surface area contributed by atoms with Crippen LogP contribution < -0.4 is 5.32 Å². The number of piperidine rings is 1. The van der Waals surface area contributed by atoms with Crippen LogP contribution in [0.1, 0.15) is 51.4 Å². The van der Waals surface area contributed by atoms with Crippen molar-refractivity contribution in [2.45, 2.75) is 57.4 Å². The molecule has 0 aromatic rings. The van der Waals surface area contributed by atoms with Gasteiger partial charge in [0.15, 0.2) is 0 Å². The zero-order valence-corrected chi connectivity index (χ0v) is 13.7. The fourth-order valence-corrected chi connectivity index (χ4v) is 4.53. The third-order valence-corrected chi connectivity index (χ3v) is 6.14. The van der Waals surface area contributed by atoms with Gasteiger partial charge in [-0.1, -0.05) is 12.8 Å². The van der Waals surface area contributed by atoms with Gasteiger partial charge in [0.1, 0.15) is 0 Å². The van der Waals surface area contributed by atoms with E-state index in [4.69, 9.17) is 0 Å². The van der Waals surface area contributed by atoms with Gasteiger partial charge in [0.25, 0.3) is 0 Å². The van der Waals surface area contributed by atoms with E-state index in [2.05, 4.69) is 10.2 Å². The average Bonchev–Trinajstić information content (AvgIpc) is 3.39. The molecule has 3 nitrogen and oxygen atoms in total. The molecule has 1 N–H and O–H groups in total. The van der Waals surface area contributed by atoms with Gasteiger partial charge in [0.05, 0.1) is 0 Å². The molecule has 0 aromatic heterocycles. The first-order valence-corrected chi connectivity index (χ1v) is 8.85. The third-order valence-electron chi connectivity index (χ3n) is 6.14. The van der Waals surface area contributed by atoms with Crippen LogP contribution in [0.4, 0.5) is 0 Å². The van der Waals surface area contributed by atoms with Gasteiger partial charge in [0.2, 0.25) is 5.91 Å². The lowest BCUT2D eigenvalue weighted by molar-refractivity contribution is -0.134. The second-order valence-electron chi connectivity index (χ2n) is 7.59. The van der Waals surface area contributed by atoms with Crippen molar-refractivity contribution in [2.75, 3.05) is 19.6 Å². The van der Waals surface area contributed by atoms with Gasteiger partial charge in [0, 0.05) is 25.0 Å². The first-order valence-electron chi connectivity index (χ1n) is 8.85. The zero-order chi connectivity index (χ0) is 13.5. The minimum Gasteiger partial charge on any atom is -0.342 e. The summed E-state index contributed by atoms with van der Waals surface area (Å²) in [7, 11) is 0. The molecule has 0 aromatic carbocycles. The first kappa shape index (κ1) is 15.6. The number of rotatable bonds is 4. The molecule has 1 aliphatic heterocycles. The lowest BCUT2D eigenvalue weighted by Gasteiger charge is -2.33. The molecule has 0 radical (unpaired) electrons. The number of carbonyl (C=O) groups is 1. The molecule has 3 saturated carbocycles. The molecule has 4 aliphatic rings. The summed E-state index contributed by atoms with van der Waals surface area (Å²) in [6, 6.07) is 0.668. The van der Waals surface area contributed by atoms with E-state index >= 15 is 0 Å². The van der Waals surface area contributed by atoms with Crippen LogP contribution in [0, 0.1) is 23.7 Å². The normalized spacial score (nSPS) is 35.8. The lowest BCUT2D eigenvalue weighted by Crippen LogP contribution is -2.46. The number of hydrogen-bond donors (Lipinski definition) is 1. The predicted octanol–water partition coefficient (Wildman–Crippen LogP) is 2.84. The van der Waals surface area contributed by atoms with E-state index in [9.17, 15) is 4.79 Å². The molecule has 2 unspecified atom stereocenters. The molecule has 1 heterocycles. The van der Waals surface area contributed by atoms with Crippen molar-refractivity contribution in [1.82, 2.24) is 10.2 Å². The summed E-state index contributed by atoms with van der Waals surface area (Å²) in [4.78, 5) is 14.8. The summed E-state index contributed by atoms with van der Waals surface area (Å²) >= 11 is 0. The van der Waals surface area contributed by atoms with Crippen LogP contribution in [0.15, 0.2) is 0 Å². The molecule has 0 spiro atoms. The van der Waals surface area contributed by atoms with E-state index in [0.717, 1.165) is 30.8 Å². The van der Waals surface area contributed by atoms with Crippen LogP contribution in [-0.4, -0.2) is 36.5 Å². The highest BCUT2D eigenvalue weighted by Crippen LogP contribution is 2.56. The first-order chi connectivity index (χ1) is 9.83. The number of halogens is 1. The van der Waals surface area contributed by atoms with E-state index in [1.807, 2.05) is 0 Å². The van der Waals surface area contributed by atoms with Crippen LogP contribution >= 0.6 is 12.4 Å². The molecule has 4 fully saturated rings. The number of nitrogens with one attached hydrogen (secondary N) is 1. The Morgan fingerprint density at radius 2 is 1.57 bits per heavy atom. The Bertz CT molecular complexity index is 365. The van der Waals surface area contributed by atoms with E-state index in [0.29, 0.717) is 17.9 Å². The Morgan fingerprint density at radius 1 is 0.952 bits per heavy atom. The summed E-state index contributed by atoms with van der Waals surface area (Å²) in [6.07, 6.45) is 10.5. The van der Waals surface area contributed by atoms with Crippen molar-refractivity contribution in [3.05, 3.63) is 0 Å². The molecule has 4 heteroatoms. The Balaban J connectivity index is 0.00000132. The summed E-state index contributed by atoms with van der Waals surface area (Å²) in [5, 5.41) is 3.70. The van der Waals surface area contributed by atoms with Crippen molar-refractivity contribution in [1.29, 1.82) is 0 Å². The molecule has 120 valence electrons. The molecule has 1 saturated heterocycles. The Hall–Kier alpha value is -0.280. The summed E-state index contributed by atoms with van der Waals surface area (Å²) in [5.41, 5.74) is 0. The maximum Gasteiger partial charge on any atom is 0.226 e. The third kappa shape index (κ3) is 3.39. The molecular formula is C17H29ClN2O. The van der Waals surface area contributed by atoms with E-state index in [1.165, 1.54) is 57.9 Å². The lowest BCUT2D eigenvalue weighted by atomic mass is 10.0. The van der Waals surface area contributed by atoms with Crippen LogP contribution in [-0.2, 0) is 4.79 Å². The number of likely N-dealkylation sites (tertiary alicyclic amines) is 1. The number of amides is 1. The number of hydrogen-bond acceptors (Lipinski definition) is 2. The van der Waals surface area contributed by atoms with E-state index in [1.54, 1.807) is 0 Å². The second-order valence-corrected chi connectivity index (χ2v) is 7.59. The zero-order valence-electron chi connectivity index (χ0n) is 12.9. The standard InChI is InChI=1S/C17H28N2O.ClH/c20-17(16-14-3-1-2-4-15(14)16)19-9-7-13(8-10-19)18-11-12-5-6-12;/h12-16,18H,1-11H2;1H. The highest BCUT2D eigenvalue weighted by molar-refractivity contribution is 5.85. The quantitative estimate of drug-likeness (QED) is 0.866. The largest absolute Gasteiger partial charge is 0.342 e. The summed E-state index contributed by atoms with van der Waals surface area (Å²) in [5.74, 6) is 3.42. The molecule has 0 bridgehead atoms. The van der Waals surface area contributed by atoms with Crippen molar-refractivity contribution in [2.24, 2.45) is 23.7 Å². The average molecular weight is 313 g/mol. The smallest absolute Gasteiger partial charge is 0.226 e. The van der Waals surface area contributed by atoms with E-state index in [-0.39, 0.29) is 12.4 Å². The summed E-state index contributed by atoms with van der Waals surface area (Å²) in [6.45, 7) is 3.21. The van der Waals surface area contributed by atoms with Gasteiger partial charge in [-0.2, -0.15) is 0 Å². The minimum atomic E-state index is 0. The fraction of sp³-hybridized carbons (Fsp3) is 0.941. The van der Waals surface area contributed by atoms with Gasteiger partial charge in [-0.3, -0.25) is 4.79 Å². The van der Waals surface area contributed by atoms with Gasteiger partial charge in [-0.25, -0.2) is 0 Å². The number of nitrogens with zero attached hydrogens (tertiary/aromatic N) is 1. The van der Waals surface area contributed by atoms with Crippen LogP contribution in [0.3, 0.4) is 0 Å². The Morgan fingerprint density at radius 3 is 2.14 bits per heavy atom. The predicted molar refractivity (Wildman–Crippen MR) is 86.5 cm³/mol. The van der Waals surface area contributed by atoms with Gasteiger partial charge < -0.3 is 10.2 Å². The van der Waals surface area contributed by atoms with Crippen LogP contribution in [0.2, 0.25) is 0 Å². The fourth-order valence-electron chi connectivity index (χ4n) is 4.53. The number of carbonyl (C=O) groups excluding carboxylic acids is 1. The highest BCUT2D eigenvalue weighted by atomic mass is 35.5. The molecule has 4 rings (SSSR count). The van der Waals surface area contributed by atoms with E-state index < -0.39 is 0 Å². The Labute approximate surface area is 134 Å². The molecule has 1 amide bonds. The molecule has 3 aliphatic carbocycles. The second kappa shape index (κ2) is 6.45. The maximum absolute atomic E-state index is 12.6. The molecule has 2 atom stereocenters. The van der Waals surface area contributed by atoms with Gasteiger partial charge in [-0.15, -0.1) is 12.4 Å². The maximum atomic E-state index is 12.6. The SMILES string of the molecule is Cl.O=C(C1C2CCCCC21)N1CCC(NCC2CC2)CC1. The van der Waals surface area contributed by atoms with Crippen molar-refractivity contribution in [3.63, 3.8) is 0 Å². The van der Waals surface area contributed by atoms with Crippen LogP contribution in [0.5, 0.6) is 0 Å². The monoisotopic (exact) mass is 312 g/mol. The van der Waals surface area contributed by atoms with Crippen LogP contribution in [0.25, 0.3) is 0 Å². The number of fused-ring (bicyclic) bond motifs is 1. The van der Waals surface area contributed by atoms with Gasteiger partial charge >= 0.3 is 0 Å². The topological polar surface area (TPSA) is 32.3 Å². The molecular weight excluding hydrogens is 284 g/mol. The highest BCUT2D eigenvalue weighted by Gasteiger charge is 2.55. The van der Waals surface area contributed by atoms with Crippen molar-refractivity contribution < 1.29 is 4.79 Å². The van der Waals surface area contributed by atoms with Crippen molar-refractivity contribution in [3.8, 4) is 0 Å². The molecule has 21 heavy (non-hydrogen) atoms. The minimum absolute atomic E-state index is 0.